The Bertz CT molecular complexity index is 660. The predicted octanol–water partition coefficient (Wildman–Crippen LogP) is 2.54. The molecule has 3 nitrogen and oxygen atoms in total. The van der Waals surface area contributed by atoms with Gasteiger partial charge in [0.25, 0.3) is 0 Å². The molecule has 0 saturated carbocycles. The third kappa shape index (κ3) is 1.05. The van der Waals surface area contributed by atoms with Crippen molar-refractivity contribution in [2.75, 3.05) is 0 Å². The minimum Gasteiger partial charge on any atom is -0.392 e. The van der Waals surface area contributed by atoms with Crippen molar-refractivity contribution in [2.24, 2.45) is 11.3 Å². The maximum Gasteiger partial charge on any atom is 0.326 e. The van der Waals surface area contributed by atoms with E-state index in [-0.39, 0.29) is 17.9 Å². The second kappa shape index (κ2) is 3.60. The average molecular weight is 268 g/mol. The Hall–Kier alpha value is -1.90. The first-order chi connectivity index (χ1) is 9.63. The van der Waals surface area contributed by atoms with Gasteiger partial charge in [-0.15, -0.1) is 0 Å². The molecular weight excluding hydrogens is 252 g/mol. The van der Waals surface area contributed by atoms with E-state index < -0.39 is 10.8 Å². The molecule has 0 radical (unpaired) electrons. The molecular formula is C17H16O3. The van der Waals surface area contributed by atoms with E-state index in [0.29, 0.717) is 12.8 Å². The summed E-state index contributed by atoms with van der Waals surface area (Å²) < 4.78 is 5.15. The summed E-state index contributed by atoms with van der Waals surface area (Å²) in [6, 6.07) is 8.01. The fourth-order valence-corrected chi connectivity index (χ4v) is 4.59. The van der Waals surface area contributed by atoms with Gasteiger partial charge in [0.2, 0.25) is 0 Å². The fraction of sp³-hybridized carbons (Fsp3) is 0.412. The van der Waals surface area contributed by atoms with Crippen LogP contribution in [0.3, 0.4) is 0 Å². The van der Waals surface area contributed by atoms with E-state index in [0.717, 1.165) is 12.0 Å². The summed E-state index contributed by atoms with van der Waals surface area (Å²) in [5, 5.41) is 0. The number of rotatable bonds is 0. The summed E-state index contributed by atoms with van der Waals surface area (Å²) in [5.74, 6) is -0.698. The zero-order chi connectivity index (χ0) is 14.0. The van der Waals surface area contributed by atoms with Crippen LogP contribution in [0.1, 0.15) is 30.9 Å². The molecule has 2 aliphatic carbocycles. The van der Waals surface area contributed by atoms with E-state index in [9.17, 15) is 9.59 Å². The van der Waals surface area contributed by atoms with Crippen molar-refractivity contribution < 1.29 is 14.3 Å². The molecule has 3 heteroatoms. The van der Waals surface area contributed by atoms with Crippen LogP contribution in [0.5, 0.6) is 0 Å². The van der Waals surface area contributed by atoms with Gasteiger partial charge in [0, 0.05) is 0 Å². The van der Waals surface area contributed by atoms with Crippen molar-refractivity contribution in [2.45, 2.75) is 31.6 Å². The van der Waals surface area contributed by atoms with Gasteiger partial charge in [0.1, 0.15) is 5.41 Å². The molecule has 1 fully saturated rings. The van der Waals surface area contributed by atoms with Crippen molar-refractivity contribution in [3.8, 4) is 0 Å². The molecule has 3 atom stereocenters. The van der Waals surface area contributed by atoms with E-state index in [1.165, 1.54) is 5.56 Å². The van der Waals surface area contributed by atoms with E-state index >= 15 is 0 Å². The molecule has 1 saturated heterocycles. The lowest BCUT2D eigenvalue weighted by Crippen LogP contribution is -2.56. The lowest BCUT2D eigenvalue weighted by molar-refractivity contribution is -0.155. The maximum atomic E-state index is 12.7. The smallest absolute Gasteiger partial charge is 0.326 e. The van der Waals surface area contributed by atoms with Crippen molar-refractivity contribution in [3.63, 3.8) is 0 Å². The quantitative estimate of drug-likeness (QED) is 0.412. The molecule has 3 aliphatic rings. The van der Waals surface area contributed by atoms with Gasteiger partial charge in [-0.2, -0.15) is 0 Å². The Morgan fingerprint density at radius 1 is 1.20 bits per heavy atom. The average Bonchev–Trinajstić information content (AvgIpc) is 2.69. The first kappa shape index (κ1) is 11.9. The van der Waals surface area contributed by atoms with Crippen LogP contribution < -0.4 is 0 Å². The van der Waals surface area contributed by atoms with E-state index in [1.807, 2.05) is 31.2 Å². The highest BCUT2D eigenvalue weighted by Gasteiger charge is 2.72. The highest BCUT2D eigenvalue weighted by molar-refractivity contribution is 6.06. The molecule has 0 aromatic heterocycles. The van der Waals surface area contributed by atoms with Crippen LogP contribution in [-0.2, 0) is 26.2 Å². The van der Waals surface area contributed by atoms with Crippen LogP contribution in [0.4, 0.5) is 0 Å². The summed E-state index contributed by atoms with van der Waals surface area (Å²) in [6.45, 7) is 2.02. The molecule has 0 bridgehead atoms. The molecule has 1 heterocycles. The number of hydrogen-bond donors (Lipinski definition) is 0. The van der Waals surface area contributed by atoms with Crippen molar-refractivity contribution in [3.05, 3.63) is 47.5 Å². The molecule has 20 heavy (non-hydrogen) atoms. The Morgan fingerprint density at radius 3 is 2.85 bits per heavy atom. The third-order valence-electron chi connectivity index (χ3n) is 5.49. The van der Waals surface area contributed by atoms with E-state index in [4.69, 9.17) is 4.74 Å². The Morgan fingerprint density at radius 2 is 2.00 bits per heavy atom. The van der Waals surface area contributed by atoms with Gasteiger partial charge in [-0.3, -0.25) is 9.59 Å². The summed E-state index contributed by atoms with van der Waals surface area (Å²) in [5.41, 5.74) is 0.677. The third-order valence-corrected chi connectivity index (χ3v) is 5.49. The van der Waals surface area contributed by atoms with Gasteiger partial charge in [0.15, 0.2) is 0 Å². The van der Waals surface area contributed by atoms with Crippen molar-refractivity contribution in [1.82, 2.24) is 0 Å². The number of benzene rings is 1. The molecule has 102 valence electrons. The van der Waals surface area contributed by atoms with Crippen LogP contribution in [0.15, 0.2) is 36.4 Å². The van der Waals surface area contributed by atoms with Gasteiger partial charge in [-0.25, -0.2) is 0 Å². The van der Waals surface area contributed by atoms with Crippen molar-refractivity contribution in [1.29, 1.82) is 0 Å². The highest BCUT2D eigenvalue weighted by Crippen LogP contribution is 2.62. The van der Waals surface area contributed by atoms with Crippen LogP contribution in [0.25, 0.3) is 0 Å². The zero-order valence-electron chi connectivity index (χ0n) is 11.4. The van der Waals surface area contributed by atoms with Crippen LogP contribution in [-0.4, -0.2) is 11.9 Å². The standard InChI is InChI=1S/C17H16O3/c1-11-5-4-9-16-10-8-12-6-2-3-7-13(12)17(11,16)15(19)20-14(16)18/h2-7,11H,8-10H2,1H3/t11-,16?,17?/m0/s1. The summed E-state index contributed by atoms with van der Waals surface area (Å²) in [4.78, 5) is 25.1. The van der Waals surface area contributed by atoms with E-state index in [1.54, 1.807) is 0 Å². The second-order valence-corrected chi connectivity index (χ2v) is 6.15. The van der Waals surface area contributed by atoms with Gasteiger partial charge in [0.05, 0.1) is 5.41 Å². The number of fused-ring (bicyclic) bond motifs is 1. The first-order valence-corrected chi connectivity index (χ1v) is 7.15. The molecule has 1 aliphatic heterocycles. The Labute approximate surface area is 117 Å². The highest BCUT2D eigenvalue weighted by atomic mass is 16.6. The first-order valence-electron chi connectivity index (χ1n) is 7.15. The number of carbonyl (C=O) groups excluding carboxylic acids is 2. The van der Waals surface area contributed by atoms with Gasteiger partial charge >= 0.3 is 11.9 Å². The van der Waals surface area contributed by atoms with Gasteiger partial charge < -0.3 is 4.74 Å². The van der Waals surface area contributed by atoms with Gasteiger partial charge in [-0.1, -0.05) is 43.3 Å². The van der Waals surface area contributed by atoms with Crippen LogP contribution in [0, 0.1) is 11.3 Å². The Kier molecular flexibility index (Phi) is 2.14. The zero-order valence-corrected chi connectivity index (χ0v) is 11.4. The topological polar surface area (TPSA) is 43.4 Å². The summed E-state index contributed by atoms with van der Waals surface area (Å²) in [7, 11) is 0. The predicted molar refractivity (Wildman–Crippen MR) is 72.9 cm³/mol. The number of aryl methyl sites for hydroxylation is 1. The Balaban J connectivity index is 2.10. The lowest BCUT2D eigenvalue weighted by Gasteiger charge is -2.49. The number of cyclic esters (lactones) is 2. The summed E-state index contributed by atoms with van der Waals surface area (Å²) in [6.07, 6.45) is 6.23. The molecule has 0 N–H and O–H groups in total. The molecule has 0 amide bonds. The second-order valence-electron chi connectivity index (χ2n) is 6.15. The fourth-order valence-electron chi connectivity index (χ4n) is 4.59. The normalized spacial score (nSPS) is 38.0. The molecule has 0 spiro atoms. The minimum atomic E-state index is -0.812. The maximum absolute atomic E-state index is 12.7. The van der Waals surface area contributed by atoms with Crippen LogP contribution >= 0.6 is 0 Å². The number of esters is 2. The number of allylic oxidation sites excluding steroid dienone is 2. The number of hydrogen-bond acceptors (Lipinski definition) is 3. The van der Waals surface area contributed by atoms with E-state index in [2.05, 4.69) is 12.1 Å². The number of carbonyl (C=O) groups is 2. The summed E-state index contributed by atoms with van der Waals surface area (Å²) >= 11 is 0. The molecule has 2 unspecified atom stereocenters. The largest absolute Gasteiger partial charge is 0.392 e. The van der Waals surface area contributed by atoms with Crippen LogP contribution in [0.2, 0.25) is 0 Å². The van der Waals surface area contributed by atoms with Crippen molar-refractivity contribution >= 4 is 11.9 Å². The monoisotopic (exact) mass is 268 g/mol. The lowest BCUT2D eigenvalue weighted by atomic mass is 9.48. The van der Waals surface area contributed by atoms with Gasteiger partial charge in [-0.05, 0) is 36.3 Å². The SMILES string of the molecule is C[C@H]1C=CCC23CCc4ccccc4C12C(=O)OC3=O. The molecule has 1 aromatic carbocycles. The molecule has 1 aromatic rings. The minimum absolute atomic E-state index is 0.0170. The number of ether oxygens (including phenoxy) is 1. The molecule has 4 rings (SSSR count).